The smallest absolute Gasteiger partial charge is 0.338 e. The Balaban J connectivity index is 1.41. The molecular formula is C47H50O13. The fourth-order valence-electron chi connectivity index (χ4n) is 10.1. The molecule has 1 N–H and O–H groups in total. The fourth-order valence-corrected chi connectivity index (χ4v) is 10.1. The Bertz CT molecular complexity index is 2230. The third-order valence-corrected chi connectivity index (χ3v) is 13.2. The lowest BCUT2D eigenvalue weighted by atomic mass is 9.44. The monoisotopic (exact) mass is 822 g/mol. The number of aliphatic hydroxyl groups is 1. The van der Waals surface area contributed by atoms with Crippen LogP contribution >= 0.6 is 0 Å². The highest BCUT2D eigenvalue weighted by Gasteiger charge is 2.78. The molecule has 0 spiro atoms. The first-order valence-corrected chi connectivity index (χ1v) is 20.0. The number of rotatable bonds is 10. The predicted octanol–water partition coefficient (Wildman–Crippen LogP) is 5.68. The van der Waals surface area contributed by atoms with Crippen molar-refractivity contribution in [3.8, 4) is 0 Å². The molecule has 13 nitrogen and oxygen atoms in total. The fraction of sp³-hybridized carbons (Fsp3) is 0.447. The molecule has 0 radical (unpaired) electrons. The van der Waals surface area contributed by atoms with Gasteiger partial charge in [-0.25, -0.2) is 4.79 Å². The summed E-state index contributed by atoms with van der Waals surface area (Å²) in [4.78, 5) is 82.1. The summed E-state index contributed by atoms with van der Waals surface area (Å²) in [5.41, 5.74) is -4.78. The Morgan fingerprint density at radius 3 is 1.92 bits per heavy atom. The van der Waals surface area contributed by atoms with Crippen LogP contribution in [0.1, 0.15) is 93.2 Å². The normalized spacial score (nSPS) is 31.5. The van der Waals surface area contributed by atoms with Gasteiger partial charge in [-0.1, -0.05) is 86.6 Å². The standard InChI is InChI=1S/C47H50O13/c1-26-34(57-27(2)48)23-47(54)42(55-24-30-14-10-8-11-15-30)40-45(7,41(52)39(58-28(3)49)37(26)44(47,5)6)35(22-36-46(40,25-56-36)60-29(4)50)59-43(53)33-20-18-32(19-21-33)38(51)31-16-12-9-13-17-31/h8-21,34-36,39-40,42,54H,22-25H2,1-7H3/t34-,35-,36+,39+,40-,42-,45+,46-,47+/m0/s1. The average molecular weight is 823 g/mol. The maximum absolute atomic E-state index is 15.9. The van der Waals surface area contributed by atoms with Crippen molar-refractivity contribution >= 4 is 35.4 Å². The van der Waals surface area contributed by atoms with E-state index in [1.807, 2.05) is 30.3 Å². The summed E-state index contributed by atoms with van der Waals surface area (Å²) in [6.07, 6.45) is -6.79. The van der Waals surface area contributed by atoms with E-state index in [1.54, 1.807) is 58.0 Å². The quantitative estimate of drug-likeness (QED) is 0.114. The van der Waals surface area contributed by atoms with E-state index in [4.69, 9.17) is 28.4 Å². The Hall–Kier alpha value is -5.50. The molecule has 2 saturated carbocycles. The minimum absolute atomic E-state index is 0.0749. The van der Waals surface area contributed by atoms with Crippen LogP contribution in [-0.4, -0.2) is 88.9 Å². The van der Waals surface area contributed by atoms with Crippen molar-refractivity contribution in [1.82, 2.24) is 0 Å². The molecule has 316 valence electrons. The Kier molecular flexibility index (Phi) is 11.2. The molecule has 2 bridgehead atoms. The van der Waals surface area contributed by atoms with Crippen LogP contribution in [0.25, 0.3) is 0 Å². The zero-order chi connectivity index (χ0) is 43.4. The molecule has 13 heteroatoms. The molecule has 0 amide bonds. The van der Waals surface area contributed by atoms with Gasteiger partial charge in [0.1, 0.15) is 23.9 Å². The summed E-state index contributed by atoms with van der Waals surface area (Å²) in [6.45, 7) is 9.98. The maximum Gasteiger partial charge on any atom is 0.338 e. The summed E-state index contributed by atoms with van der Waals surface area (Å²) in [6, 6.07) is 23.8. The van der Waals surface area contributed by atoms with Crippen LogP contribution < -0.4 is 0 Å². The van der Waals surface area contributed by atoms with Crippen LogP contribution in [0.15, 0.2) is 96.1 Å². The number of ketones is 2. The maximum atomic E-state index is 15.9. The van der Waals surface area contributed by atoms with Gasteiger partial charge in [-0.3, -0.25) is 24.0 Å². The van der Waals surface area contributed by atoms with Crippen molar-refractivity contribution in [3.63, 3.8) is 0 Å². The van der Waals surface area contributed by atoms with Crippen molar-refractivity contribution in [3.05, 3.63) is 118 Å². The third kappa shape index (κ3) is 7.05. The Morgan fingerprint density at radius 1 is 0.767 bits per heavy atom. The summed E-state index contributed by atoms with van der Waals surface area (Å²) < 4.78 is 37.4. The average Bonchev–Trinajstić information content (AvgIpc) is 3.20. The highest BCUT2D eigenvalue weighted by atomic mass is 16.6. The van der Waals surface area contributed by atoms with Crippen molar-refractivity contribution < 1.29 is 62.3 Å². The Labute approximate surface area is 348 Å². The summed E-state index contributed by atoms with van der Waals surface area (Å²) >= 11 is 0. The lowest BCUT2D eigenvalue weighted by molar-refractivity contribution is -0.351. The van der Waals surface area contributed by atoms with E-state index in [2.05, 4.69) is 0 Å². The second kappa shape index (κ2) is 15.8. The molecule has 3 aromatic rings. The molecule has 1 heterocycles. The van der Waals surface area contributed by atoms with E-state index in [1.165, 1.54) is 38.1 Å². The number of hydrogen-bond donors (Lipinski definition) is 1. The third-order valence-electron chi connectivity index (χ3n) is 13.2. The van der Waals surface area contributed by atoms with Crippen molar-refractivity contribution in [2.45, 2.75) is 110 Å². The number of hydrogen-bond acceptors (Lipinski definition) is 13. The van der Waals surface area contributed by atoms with E-state index in [9.17, 15) is 29.1 Å². The molecule has 3 aromatic carbocycles. The van der Waals surface area contributed by atoms with Crippen LogP contribution in [0.4, 0.5) is 0 Å². The lowest BCUT2D eigenvalue weighted by Gasteiger charge is -2.68. The molecule has 7 rings (SSSR count). The predicted molar refractivity (Wildman–Crippen MR) is 213 cm³/mol. The van der Waals surface area contributed by atoms with Crippen LogP contribution in [-0.2, 0) is 54.2 Å². The molecule has 1 saturated heterocycles. The Morgan fingerprint density at radius 2 is 1.35 bits per heavy atom. The van der Waals surface area contributed by atoms with E-state index < -0.39 is 88.1 Å². The second-order valence-electron chi connectivity index (χ2n) is 17.0. The molecule has 3 fully saturated rings. The minimum Gasteiger partial charge on any atom is -0.458 e. The van der Waals surface area contributed by atoms with Crippen molar-refractivity contribution in [2.24, 2.45) is 16.7 Å². The van der Waals surface area contributed by atoms with Gasteiger partial charge >= 0.3 is 23.9 Å². The van der Waals surface area contributed by atoms with Gasteiger partial charge in [0.15, 0.2) is 23.3 Å². The number of fused-ring (bicyclic) bond motifs is 5. The minimum atomic E-state index is -2.04. The summed E-state index contributed by atoms with van der Waals surface area (Å²) in [5.74, 6) is -5.25. The number of benzene rings is 3. The van der Waals surface area contributed by atoms with Gasteiger partial charge in [0.25, 0.3) is 0 Å². The molecule has 1 aliphatic heterocycles. The topological polar surface area (TPSA) is 178 Å². The van der Waals surface area contributed by atoms with E-state index in [0.29, 0.717) is 16.7 Å². The van der Waals surface area contributed by atoms with Gasteiger partial charge in [-0.05, 0) is 42.7 Å². The first-order chi connectivity index (χ1) is 28.3. The number of ether oxygens (including phenoxy) is 6. The number of carbonyl (C=O) groups excluding carboxylic acids is 6. The highest BCUT2D eigenvalue weighted by molar-refractivity contribution is 6.09. The molecule has 4 aliphatic rings. The van der Waals surface area contributed by atoms with E-state index >= 15 is 4.79 Å². The number of carbonyl (C=O) groups is 6. The molecule has 9 atom stereocenters. The number of Topliss-reactive ketones (excluding diaryl/α,β-unsaturated/α-hetero) is 1. The number of esters is 4. The molecule has 3 aliphatic carbocycles. The van der Waals surface area contributed by atoms with Crippen molar-refractivity contribution in [2.75, 3.05) is 6.61 Å². The highest BCUT2D eigenvalue weighted by Crippen LogP contribution is 2.65. The van der Waals surface area contributed by atoms with E-state index in [0.717, 1.165) is 12.5 Å². The largest absolute Gasteiger partial charge is 0.458 e. The zero-order valence-electron chi connectivity index (χ0n) is 34.7. The van der Waals surface area contributed by atoms with Crippen LogP contribution in [0.2, 0.25) is 0 Å². The molecular weight excluding hydrogens is 773 g/mol. The van der Waals surface area contributed by atoms with Crippen LogP contribution in [0.3, 0.4) is 0 Å². The molecule has 60 heavy (non-hydrogen) atoms. The van der Waals surface area contributed by atoms with Gasteiger partial charge < -0.3 is 33.5 Å². The SMILES string of the molecule is CC(=O)O[C@H]1C(=O)[C@]2(C)[C@@H](OC(=O)c3ccc(C(=O)c4ccccc4)cc3)C[C@H]3OC[C@@]3(OC(C)=O)[C@H]2[C@H](OCc2ccccc2)[C@]2(O)C[C@H](OC(C)=O)C(C)=C1C2(C)C. The summed E-state index contributed by atoms with van der Waals surface area (Å²) in [7, 11) is 0. The van der Waals surface area contributed by atoms with Gasteiger partial charge in [0.05, 0.1) is 30.3 Å². The van der Waals surface area contributed by atoms with Crippen LogP contribution in [0, 0.1) is 16.7 Å². The second-order valence-corrected chi connectivity index (χ2v) is 17.0. The van der Waals surface area contributed by atoms with Gasteiger partial charge in [-0.15, -0.1) is 0 Å². The van der Waals surface area contributed by atoms with Crippen LogP contribution in [0.5, 0.6) is 0 Å². The van der Waals surface area contributed by atoms with Gasteiger partial charge in [0, 0.05) is 56.1 Å². The molecule has 0 aromatic heterocycles. The van der Waals surface area contributed by atoms with Gasteiger partial charge in [-0.2, -0.15) is 0 Å². The zero-order valence-corrected chi connectivity index (χ0v) is 34.7. The van der Waals surface area contributed by atoms with Gasteiger partial charge in [0.2, 0.25) is 0 Å². The first-order valence-electron chi connectivity index (χ1n) is 20.0. The van der Waals surface area contributed by atoms with Crippen molar-refractivity contribution in [1.29, 1.82) is 0 Å². The molecule has 0 unspecified atom stereocenters. The lowest BCUT2D eigenvalue weighted by Crippen LogP contribution is -2.82. The van der Waals surface area contributed by atoms with E-state index in [-0.39, 0.29) is 43.0 Å². The summed E-state index contributed by atoms with van der Waals surface area (Å²) in [5, 5.41) is 13.6. The first kappa shape index (κ1) is 42.6.